The molecular formula is C22H23FN2O2S. The van der Waals surface area contributed by atoms with Gasteiger partial charge in [0.05, 0.1) is 5.69 Å². The van der Waals surface area contributed by atoms with Gasteiger partial charge in [-0.2, -0.15) is 0 Å². The molecule has 6 heteroatoms. The van der Waals surface area contributed by atoms with Crippen LogP contribution in [0.2, 0.25) is 0 Å². The molecule has 0 aliphatic heterocycles. The number of halogens is 1. The van der Waals surface area contributed by atoms with E-state index in [9.17, 15) is 9.18 Å². The SMILES string of the molecule is CC[C@H](Oc1ccccc1F)C(=O)NCCc1csc(-c2ccc(C)cc2)n1. The number of nitrogens with one attached hydrogen (secondary N) is 1. The number of aryl methyl sites for hydroxylation is 1. The predicted molar refractivity (Wildman–Crippen MR) is 110 cm³/mol. The Bertz CT molecular complexity index is 924. The Morgan fingerprint density at radius 2 is 1.96 bits per heavy atom. The first kappa shape index (κ1) is 20.0. The Morgan fingerprint density at radius 3 is 2.68 bits per heavy atom. The van der Waals surface area contributed by atoms with Crippen molar-refractivity contribution in [2.75, 3.05) is 6.54 Å². The fourth-order valence-corrected chi connectivity index (χ4v) is 3.55. The summed E-state index contributed by atoms with van der Waals surface area (Å²) in [6, 6.07) is 14.4. The van der Waals surface area contributed by atoms with E-state index in [4.69, 9.17) is 4.74 Å². The van der Waals surface area contributed by atoms with Crippen LogP contribution in [0.5, 0.6) is 5.75 Å². The Labute approximate surface area is 168 Å². The number of carbonyl (C=O) groups excluding carboxylic acids is 1. The number of thiazole rings is 1. The topological polar surface area (TPSA) is 51.2 Å². The number of benzene rings is 2. The van der Waals surface area contributed by atoms with Gasteiger partial charge in [0.1, 0.15) is 5.01 Å². The van der Waals surface area contributed by atoms with Crippen LogP contribution < -0.4 is 10.1 Å². The van der Waals surface area contributed by atoms with Gasteiger partial charge >= 0.3 is 0 Å². The summed E-state index contributed by atoms with van der Waals surface area (Å²) < 4.78 is 19.3. The second-order valence-corrected chi connectivity index (χ2v) is 7.35. The van der Waals surface area contributed by atoms with Crippen LogP contribution in [0.1, 0.15) is 24.6 Å². The van der Waals surface area contributed by atoms with Crippen molar-refractivity contribution in [1.29, 1.82) is 0 Å². The number of nitrogens with zero attached hydrogens (tertiary/aromatic N) is 1. The molecule has 0 spiro atoms. The predicted octanol–water partition coefficient (Wildman–Crippen LogP) is 4.77. The van der Waals surface area contributed by atoms with Gasteiger partial charge in [0.15, 0.2) is 17.7 Å². The molecule has 1 atom stereocenters. The minimum absolute atomic E-state index is 0.0896. The van der Waals surface area contributed by atoms with Crippen molar-refractivity contribution in [3.63, 3.8) is 0 Å². The van der Waals surface area contributed by atoms with Gasteiger partial charge in [-0.05, 0) is 25.5 Å². The fourth-order valence-electron chi connectivity index (χ4n) is 2.69. The third-order valence-corrected chi connectivity index (χ3v) is 5.24. The summed E-state index contributed by atoms with van der Waals surface area (Å²) in [5.74, 6) is -0.633. The molecule has 28 heavy (non-hydrogen) atoms. The van der Waals surface area contributed by atoms with Gasteiger partial charge in [0.2, 0.25) is 0 Å². The number of carbonyl (C=O) groups is 1. The van der Waals surface area contributed by atoms with Crippen LogP contribution in [0, 0.1) is 12.7 Å². The van der Waals surface area contributed by atoms with Crippen molar-refractivity contribution in [2.24, 2.45) is 0 Å². The normalized spacial score (nSPS) is 11.8. The molecule has 0 radical (unpaired) electrons. The zero-order valence-electron chi connectivity index (χ0n) is 15.9. The molecule has 2 aromatic carbocycles. The van der Waals surface area contributed by atoms with Crippen LogP contribution in [0.4, 0.5) is 4.39 Å². The lowest BCUT2D eigenvalue weighted by Crippen LogP contribution is -2.39. The van der Waals surface area contributed by atoms with Crippen molar-refractivity contribution in [3.05, 3.63) is 71.0 Å². The second kappa shape index (κ2) is 9.46. The third kappa shape index (κ3) is 5.16. The summed E-state index contributed by atoms with van der Waals surface area (Å²) in [4.78, 5) is 17.0. The maximum absolute atomic E-state index is 13.7. The van der Waals surface area contributed by atoms with Crippen LogP contribution in [-0.2, 0) is 11.2 Å². The summed E-state index contributed by atoms with van der Waals surface area (Å²) in [6.07, 6.45) is 0.356. The second-order valence-electron chi connectivity index (χ2n) is 6.50. The summed E-state index contributed by atoms with van der Waals surface area (Å²) in [6.45, 7) is 4.34. The summed E-state index contributed by atoms with van der Waals surface area (Å²) >= 11 is 1.59. The molecule has 1 N–H and O–H groups in total. The van der Waals surface area contributed by atoms with Crippen molar-refractivity contribution in [3.8, 4) is 16.3 Å². The Hall–Kier alpha value is -2.73. The molecule has 0 saturated heterocycles. The number of hydrogen-bond donors (Lipinski definition) is 1. The molecule has 1 heterocycles. The van der Waals surface area contributed by atoms with Crippen LogP contribution in [0.15, 0.2) is 53.9 Å². The van der Waals surface area contributed by atoms with E-state index in [0.29, 0.717) is 19.4 Å². The molecule has 0 fully saturated rings. The smallest absolute Gasteiger partial charge is 0.261 e. The van der Waals surface area contributed by atoms with Gasteiger partial charge in [-0.1, -0.05) is 48.9 Å². The van der Waals surface area contributed by atoms with Gasteiger partial charge in [0.25, 0.3) is 5.91 Å². The van der Waals surface area contributed by atoms with Gasteiger partial charge in [-0.25, -0.2) is 9.37 Å². The van der Waals surface area contributed by atoms with Gasteiger partial charge in [-0.3, -0.25) is 4.79 Å². The van der Waals surface area contributed by atoms with Gasteiger partial charge in [0, 0.05) is 23.9 Å². The Morgan fingerprint density at radius 1 is 1.21 bits per heavy atom. The monoisotopic (exact) mass is 398 g/mol. The first-order valence-corrected chi connectivity index (χ1v) is 10.1. The zero-order chi connectivity index (χ0) is 19.9. The average molecular weight is 399 g/mol. The van der Waals surface area contributed by atoms with E-state index in [1.807, 2.05) is 12.3 Å². The van der Waals surface area contributed by atoms with E-state index in [2.05, 4.69) is 41.5 Å². The van der Waals surface area contributed by atoms with Crippen LogP contribution in [0.25, 0.3) is 10.6 Å². The number of amides is 1. The van der Waals surface area contributed by atoms with E-state index >= 15 is 0 Å². The number of rotatable bonds is 8. The molecule has 4 nitrogen and oxygen atoms in total. The van der Waals surface area contributed by atoms with Crippen molar-refractivity contribution in [2.45, 2.75) is 32.8 Å². The van der Waals surface area contributed by atoms with Crippen LogP contribution in [-0.4, -0.2) is 23.5 Å². The molecule has 0 aliphatic rings. The minimum atomic E-state index is -0.726. The van der Waals surface area contributed by atoms with E-state index in [0.717, 1.165) is 16.3 Å². The highest BCUT2D eigenvalue weighted by atomic mass is 32.1. The maximum Gasteiger partial charge on any atom is 0.261 e. The number of aromatic nitrogens is 1. The van der Waals surface area contributed by atoms with E-state index in [1.54, 1.807) is 23.5 Å². The largest absolute Gasteiger partial charge is 0.478 e. The summed E-state index contributed by atoms with van der Waals surface area (Å²) in [5.41, 5.74) is 3.24. The molecule has 3 rings (SSSR count). The standard InChI is InChI=1S/C22H23FN2O2S/c1-3-19(27-20-7-5-4-6-18(20)23)21(26)24-13-12-17-14-28-22(25-17)16-10-8-15(2)9-11-16/h4-11,14,19H,3,12-13H2,1-2H3,(H,24,26)/t19-/m0/s1. The minimum Gasteiger partial charge on any atom is -0.478 e. The number of ether oxygens (including phenoxy) is 1. The van der Waals surface area contributed by atoms with E-state index in [1.165, 1.54) is 17.7 Å². The van der Waals surface area contributed by atoms with Crippen LogP contribution >= 0.6 is 11.3 Å². The highest BCUT2D eigenvalue weighted by Crippen LogP contribution is 2.24. The highest BCUT2D eigenvalue weighted by molar-refractivity contribution is 7.13. The molecule has 146 valence electrons. The van der Waals surface area contributed by atoms with Crippen molar-refractivity contribution < 1.29 is 13.9 Å². The van der Waals surface area contributed by atoms with Gasteiger partial charge < -0.3 is 10.1 Å². The first-order chi connectivity index (χ1) is 13.6. The van der Waals surface area contributed by atoms with E-state index < -0.39 is 11.9 Å². The molecule has 3 aromatic rings. The molecule has 0 saturated carbocycles. The third-order valence-electron chi connectivity index (χ3n) is 4.30. The lowest BCUT2D eigenvalue weighted by atomic mass is 10.2. The van der Waals surface area contributed by atoms with Crippen molar-refractivity contribution >= 4 is 17.2 Å². The van der Waals surface area contributed by atoms with E-state index in [-0.39, 0.29) is 11.7 Å². The molecular weight excluding hydrogens is 375 g/mol. The quantitative estimate of drug-likeness (QED) is 0.594. The highest BCUT2D eigenvalue weighted by Gasteiger charge is 2.19. The maximum atomic E-state index is 13.7. The molecule has 0 aliphatic carbocycles. The van der Waals surface area contributed by atoms with Gasteiger partial charge in [-0.15, -0.1) is 11.3 Å². The number of hydrogen-bond acceptors (Lipinski definition) is 4. The molecule has 1 aromatic heterocycles. The average Bonchev–Trinajstić information content (AvgIpc) is 3.16. The number of para-hydroxylation sites is 1. The Balaban J connectivity index is 1.52. The van der Waals surface area contributed by atoms with Crippen LogP contribution in [0.3, 0.4) is 0 Å². The Kier molecular flexibility index (Phi) is 6.76. The lowest BCUT2D eigenvalue weighted by Gasteiger charge is -2.17. The van der Waals surface area contributed by atoms with Crippen molar-refractivity contribution in [1.82, 2.24) is 10.3 Å². The lowest BCUT2D eigenvalue weighted by molar-refractivity contribution is -0.128. The fraction of sp³-hybridized carbons (Fsp3) is 0.273. The summed E-state index contributed by atoms with van der Waals surface area (Å²) in [5, 5.41) is 5.83. The summed E-state index contributed by atoms with van der Waals surface area (Å²) in [7, 11) is 0. The molecule has 0 bridgehead atoms. The first-order valence-electron chi connectivity index (χ1n) is 9.27. The molecule has 1 amide bonds. The molecule has 0 unspecified atom stereocenters. The zero-order valence-corrected chi connectivity index (χ0v) is 16.8.